The maximum absolute atomic E-state index is 12.8. The van der Waals surface area contributed by atoms with Crippen molar-refractivity contribution in [3.63, 3.8) is 0 Å². The molecular formula is C19H23N3O3. The van der Waals surface area contributed by atoms with Crippen molar-refractivity contribution in [2.24, 2.45) is 11.1 Å². The number of ether oxygens (including phenoxy) is 1. The Hall–Kier alpha value is -2.47. The number of piperidine rings is 1. The van der Waals surface area contributed by atoms with Crippen LogP contribution in [-0.2, 0) is 9.53 Å². The molecule has 2 N–H and O–H groups in total. The third-order valence-electron chi connectivity index (χ3n) is 5.17. The van der Waals surface area contributed by atoms with Gasteiger partial charge in [0.15, 0.2) is 0 Å². The molecule has 132 valence electrons. The van der Waals surface area contributed by atoms with Crippen LogP contribution in [0.3, 0.4) is 0 Å². The van der Waals surface area contributed by atoms with Crippen LogP contribution in [0.1, 0.15) is 29.6 Å². The first-order valence-corrected chi connectivity index (χ1v) is 8.49. The summed E-state index contributed by atoms with van der Waals surface area (Å²) in [5.41, 5.74) is 6.57. The Morgan fingerprint density at radius 3 is 2.72 bits per heavy atom. The van der Waals surface area contributed by atoms with Crippen LogP contribution in [0.25, 0.3) is 10.9 Å². The minimum Gasteiger partial charge on any atom is -0.385 e. The number of carbonyl (C=O) groups excluding carboxylic acids is 2. The van der Waals surface area contributed by atoms with Crippen LogP contribution in [0.4, 0.5) is 0 Å². The molecule has 1 aromatic heterocycles. The minimum absolute atomic E-state index is 0.0180. The van der Waals surface area contributed by atoms with Crippen LogP contribution >= 0.6 is 0 Å². The predicted molar refractivity (Wildman–Crippen MR) is 95.0 cm³/mol. The zero-order valence-electron chi connectivity index (χ0n) is 14.4. The summed E-state index contributed by atoms with van der Waals surface area (Å²) in [7, 11) is 1.61. The lowest BCUT2D eigenvalue weighted by atomic mass is 9.75. The van der Waals surface area contributed by atoms with Crippen LogP contribution in [0.2, 0.25) is 0 Å². The molecule has 1 aromatic carbocycles. The van der Waals surface area contributed by atoms with E-state index in [2.05, 4.69) is 4.98 Å². The smallest absolute Gasteiger partial charge is 0.253 e. The molecule has 2 aromatic rings. The third-order valence-corrected chi connectivity index (χ3v) is 5.17. The highest BCUT2D eigenvalue weighted by atomic mass is 16.5. The first-order valence-electron chi connectivity index (χ1n) is 8.49. The average molecular weight is 341 g/mol. The van der Waals surface area contributed by atoms with Gasteiger partial charge < -0.3 is 15.4 Å². The Morgan fingerprint density at radius 1 is 1.28 bits per heavy atom. The molecule has 1 fully saturated rings. The number of hydrogen-bond donors (Lipinski definition) is 1. The second-order valence-corrected chi connectivity index (χ2v) is 6.59. The highest BCUT2D eigenvalue weighted by molar-refractivity contribution is 5.98. The molecule has 0 atom stereocenters. The summed E-state index contributed by atoms with van der Waals surface area (Å²) >= 11 is 0. The van der Waals surface area contributed by atoms with Crippen molar-refractivity contribution in [3.8, 4) is 0 Å². The van der Waals surface area contributed by atoms with Gasteiger partial charge in [-0.1, -0.05) is 6.07 Å². The number of rotatable bonds is 5. The second-order valence-electron chi connectivity index (χ2n) is 6.59. The van der Waals surface area contributed by atoms with Gasteiger partial charge in [-0.3, -0.25) is 14.6 Å². The number of nitrogens with zero attached hydrogens (tertiary/aromatic N) is 2. The Balaban J connectivity index is 1.72. The molecule has 3 rings (SSSR count). The van der Waals surface area contributed by atoms with E-state index in [-0.39, 0.29) is 11.8 Å². The first-order chi connectivity index (χ1) is 12.1. The largest absolute Gasteiger partial charge is 0.385 e. The topological polar surface area (TPSA) is 85.5 Å². The number of hydrogen-bond acceptors (Lipinski definition) is 4. The van der Waals surface area contributed by atoms with E-state index in [1.807, 2.05) is 24.3 Å². The summed E-state index contributed by atoms with van der Waals surface area (Å²) in [6.07, 6.45) is 3.49. The summed E-state index contributed by atoms with van der Waals surface area (Å²) in [5, 5.41) is 0.942. The summed E-state index contributed by atoms with van der Waals surface area (Å²) in [4.78, 5) is 30.8. The molecular weight excluding hydrogens is 318 g/mol. The molecule has 0 saturated carbocycles. The van der Waals surface area contributed by atoms with E-state index < -0.39 is 5.41 Å². The Kier molecular flexibility index (Phi) is 4.99. The summed E-state index contributed by atoms with van der Waals surface area (Å²) in [6, 6.07) is 9.33. The van der Waals surface area contributed by atoms with Crippen LogP contribution in [-0.4, -0.2) is 48.5 Å². The number of carbonyl (C=O) groups is 2. The van der Waals surface area contributed by atoms with E-state index in [0.29, 0.717) is 44.5 Å². The molecule has 1 aliphatic heterocycles. The van der Waals surface area contributed by atoms with E-state index in [1.54, 1.807) is 24.3 Å². The van der Waals surface area contributed by atoms with Crippen molar-refractivity contribution in [1.29, 1.82) is 0 Å². The molecule has 2 amide bonds. The molecule has 1 saturated heterocycles. The fourth-order valence-corrected chi connectivity index (χ4v) is 3.45. The Labute approximate surface area is 147 Å². The van der Waals surface area contributed by atoms with Gasteiger partial charge in [-0.25, -0.2) is 0 Å². The number of pyridine rings is 1. The zero-order chi connectivity index (χ0) is 17.9. The molecule has 0 spiro atoms. The maximum Gasteiger partial charge on any atom is 0.253 e. The number of fused-ring (bicyclic) bond motifs is 1. The van der Waals surface area contributed by atoms with E-state index in [1.165, 1.54) is 0 Å². The lowest BCUT2D eigenvalue weighted by Gasteiger charge is -2.39. The highest BCUT2D eigenvalue weighted by Crippen LogP contribution is 2.35. The van der Waals surface area contributed by atoms with E-state index >= 15 is 0 Å². The Morgan fingerprint density at radius 2 is 2.04 bits per heavy atom. The van der Waals surface area contributed by atoms with Crippen molar-refractivity contribution < 1.29 is 14.3 Å². The molecule has 1 aliphatic rings. The first kappa shape index (κ1) is 17.4. The molecule has 0 bridgehead atoms. The third kappa shape index (κ3) is 3.49. The van der Waals surface area contributed by atoms with E-state index in [0.717, 1.165) is 10.9 Å². The van der Waals surface area contributed by atoms with Crippen LogP contribution in [0, 0.1) is 5.41 Å². The van der Waals surface area contributed by atoms with Crippen molar-refractivity contribution in [2.45, 2.75) is 19.3 Å². The quantitative estimate of drug-likeness (QED) is 0.901. The zero-order valence-corrected chi connectivity index (χ0v) is 14.4. The molecule has 6 nitrogen and oxygen atoms in total. The van der Waals surface area contributed by atoms with Gasteiger partial charge >= 0.3 is 0 Å². The molecule has 2 heterocycles. The highest BCUT2D eigenvalue weighted by Gasteiger charge is 2.40. The van der Waals surface area contributed by atoms with Crippen LogP contribution in [0.5, 0.6) is 0 Å². The van der Waals surface area contributed by atoms with E-state index in [4.69, 9.17) is 10.5 Å². The molecule has 6 heteroatoms. The average Bonchev–Trinajstić information content (AvgIpc) is 2.65. The lowest BCUT2D eigenvalue weighted by Crippen LogP contribution is -2.49. The van der Waals surface area contributed by atoms with Crippen molar-refractivity contribution in [1.82, 2.24) is 9.88 Å². The summed E-state index contributed by atoms with van der Waals surface area (Å²) < 4.78 is 5.11. The Bertz CT molecular complexity index is 782. The van der Waals surface area contributed by atoms with Crippen molar-refractivity contribution in [3.05, 3.63) is 42.1 Å². The maximum atomic E-state index is 12.8. The lowest BCUT2D eigenvalue weighted by molar-refractivity contribution is -0.131. The minimum atomic E-state index is -0.569. The number of aromatic nitrogens is 1. The van der Waals surface area contributed by atoms with Crippen LogP contribution < -0.4 is 5.73 Å². The fourth-order valence-electron chi connectivity index (χ4n) is 3.45. The van der Waals surface area contributed by atoms with Gasteiger partial charge in [0.05, 0.1) is 10.9 Å². The normalized spacial score (nSPS) is 16.8. The van der Waals surface area contributed by atoms with Gasteiger partial charge in [0.1, 0.15) is 0 Å². The van der Waals surface area contributed by atoms with Crippen LogP contribution in [0.15, 0.2) is 36.5 Å². The second kappa shape index (κ2) is 7.19. The van der Waals surface area contributed by atoms with Gasteiger partial charge in [0.25, 0.3) is 5.91 Å². The summed E-state index contributed by atoms with van der Waals surface area (Å²) in [5.74, 6) is -0.316. The van der Waals surface area contributed by atoms with E-state index in [9.17, 15) is 9.59 Å². The number of amides is 2. The molecule has 0 aliphatic carbocycles. The SMILES string of the molecule is COCCC1(C(N)=O)CCN(C(=O)c2ccc3ncccc3c2)CC1. The van der Waals surface area contributed by atoms with Gasteiger partial charge in [-0.05, 0) is 43.5 Å². The van der Waals surface area contributed by atoms with Gasteiger partial charge in [-0.15, -0.1) is 0 Å². The standard InChI is InChI=1S/C19H23N3O3/c1-25-12-8-19(18(20)24)6-10-22(11-7-19)17(23)15-4-5-16-14(13-15)3-2-9-21-16/h2-5,9,13H,6-8,10-12H2,1H3,(H2,20,24). The molecule has 25 heavy (non-hydrogen) atoms. The summed E-state index contributed by atoms with van der Waals surface area (Å²) in [6.45, 7) is 1.54. The van der Waals surface area contributed by atoms with Gasteiger partial charge in [0.2, 0.25) is 5.91 Å². The number of benzene rings is 1. The van der Waals surface area contributed by atoms with Crippen molar-refractivity contribution in [2.75, 3.05) is 26.8 Å². The fraction of sp³-hybridized carbons (Fsp3) is 0.421. The number of nitrogens with two attached hydrogens (primary N) is 1. The van der Waals surface area contributed by atoms with Crippen molar-refractivity contribution >= 4 is 22.7 Å². The molecule has 0 unspecified atom stereocenters. The predicted octanol–water partition coefficient (Wildman–Crippen LogP) is 1.98. The number of likely N-dealkylation sites (tertiary alicyclic amines) is 1. The van der Waals surface area contributed by atoms with Gasteiger partial charge in [-0.2, -0.15) is 0 Å². The number of primary amides is 1. The molecule has 0 radical (unpaired) electrons. The number of methoxy groups -OCH3 is 1. The van der Waals surface area contributed by atoms with Gasteiger partial charge in [0, 0.05) is 44.0 Å². The monoisotopic (exact) mass is 341 g/mol.